The third kappa shape index (κ3) is 2.30. The highest BCUT2D eigenvalue weighted by molar-refractivity contribution is 7.03. The second-order valence-corrected chi connectivity index (χ2v) is 4.08. The van der Waals surface area contributed by atoms with Gasteiger partial charge in [-0.1, -0.05) is 24.3 Å². The van der Waals surface area contributed by atoms with Gasteiger partial charge in [0, 0.05) is 11.8 Å². The first kappa shape index (κ1) is 10.1. The lowest BCUT2D eigenvalue weighted by Gasteiger charge is -2.02. The highest BCUT2D eigenvalue weighted by atomic mass is 32.1. The molecule has 0 saturated heterocycles. The van der Waals surface area contributed by atoms with Gasteiger partial charge in [-0.15, -0.1) is 0 Å². The summed E-state index contributed by atoms with van der Waals surface area (Å²) >= 11 is 1.31. The highest BCUT2D eigenvalue weighted by Gasteiger charge is 2.09. The molecule has 0 saturated carbocycles. The predicted molar refractivity (Wildman–Crippen MR) is 61.3 cm³/mol. The van der Waals surface area contributed by atoms with Gasteiger partial charge < -0.3 is 0 Å². The summed E-state index contributed by atoms with van der Waals surface area (Å²) in [6.45, 7) is 2.02. The Hall–Kier alpha value is -1.48. The van der Waals surface area contributed by atoms with Crippen LogP contribution in [0.2, 0.25) is 0 Å². The van der Waals surface area contributed by atoms with Crippen molar-refractivity contribution in [2.75, 3.05) is 0 Å². The summed E-state index contributed by atoms with van der Waals surface area (Å²) in [6, 6.07) is 9.71. The van der Waals surface area contributed by atoms with E-state index < -0.39 is 0 Å². The van der Waals surface area contributed by atoms with Crippen molar-refractivity contribution in [2.24, 2.45) is 0 Å². The summed E-state index contributed by atoms with van der Waals surface area (Å²) in [6.07, 6.45) is 0.441. The molecular formula is C12H11NOS. The number of benzene rings is 1. The number of rotatable bonds is 3. The second kappa shape index (κ2) is 4.36. The lowest BCUT2D eigenvalue weighted by Crippen LogP contribution is -2.04. The van der Waals surface area contributed by atoms with Crippen LogP contribution < -0.4 is 0 Å². The molecule has 1 aromatic heterocycles. The molecule has 0 spiro atoms. The molecular weight excluding hydrogens is 206 g/mol. The monoisotopic (exact) mass is 217 g/mol. The number of ketones is 1. The molecule has 76 valence electrons. The van der Waals surface area contributed by atoms with Gasteiger partial charge in [0.1, 0.15) is 5.69 Å². The van der Waals surface area contributed by atoms with Gasteiger partial charge in [0.15, 0.2) is 5.78 Å². The predicted octanol–water partition coefficient (Wildman–Crippen LogP) is 2.88. The fourth-order valence-corrected chi connectivity index (χ4v) is 1.96. The Bertz CT molecular complexity index is 462. The standard InChI is InChI=1S/C12H11NOS/c1-9-4-2-3-5-10(9)8-12(14)11-6-7-15-13-11/h2-7H,8H2,1H3. The summed E-state index contributed by atoms with van der Waals surface area (Å²) in [5.41, 5.74) is 2.81. The van der Waals surface area contributed by atoms with Gasteiger partial charge in [0.2, 0.25) is 0 Å². The number of carbonyl (C=O) groups excluding carboxylic acids is 1. The molecule has 0 atom stereocenters. The number of Topliss-reactive ketones (excluding diaryl/α,β-unsaturated/α-hetero) is 1. The molecule has 1 heterocycles. The van der Waals surface area contributed by atoms with E-state index in [1.54, 1.807) is 6.07 Å². The molecule has 1 aromatic carbocycles. The molecule has 0 unspecified atom stereocenters. The van der Waals surface area contributed by atoms with Crippen molar-refractivity contribution in [3.8, 4) is 0 Å². The summed E-state index contributed by atoms with van der Waals surface area (Å²) in [5.74, 6) is 0.0885. The Labute approximate surface area is 92.7 Å². The van der Waals surface area contributed by atoms with Crippen LogP contribution in [0.3, 0.4) is 0 Å². The van der Waals surface area contributed by atoms with Gasteiger partial charge in [-0.25, -0.2) is 0 Å². The number of hydrogen-bond donors (Lipinski definition) is 0. The molecule has 0 aliphatic carbocycles. The Morgan fingerprint density at radius 1 is 1.33 bits per heavy atom. The van der Waals surface area contributed by atoms with E-state index in [0.717, 1.165) is 11.1 Å². The summed E-state index contributed by atoms with van der Waals surface area (Å²) in [5, 5.41) is 1.82. The normalized spacial score (nSPS) is 10.2. The summed E-state index contributed by atoms with van der Waals surface area (Å²) in [7, 11) is 0. The lowest BCUT2D eigenvalue weighted by atomic mass is 10.0. The molecule has 2 aromatic rings. The smallest absolute Gasteiger partial charge is 0.186 e. The van der Waals surface area contributed by atoms with Crippen LogP contribution in [-0.4, -0.2) is 10.2 Å². The molecule has 15 heavy (non-hydrogen) atoms. The second-order valence-electron chi connectivity index (χ2n) is 3.41. The van der Waals surface area contributed by atoms with Crippen molar-refractivity contribution in [1.29, 1.82) is 0 Å². The zero-order valence-electron chi connectivity index (χ0n) is 8.43. The fourth-order valence-electron chi connectivity index (χ4n) is 1.43. The van der Waals surface area contributed by atoms with Gasteiger partial charge in [0.25, 0.3) is 0 Å². The molecule has 0 bridgehead atoms. The topological polar surface area (TPSA) is 30.0 Å². The first-order chi connectivity index (χ1) is 7.27. The average molecular weight is 217 g/mol. The van der Waals surface area contributed by atoms with Gasteiger partial charge in [-0.3, -0.25) is 4.79 Å². The molecule has 0 aliphatic heterocycles. The maximum atomic E-state index is 11.8. The van der Waals surface area contributed by atoms with Crippen molar-refractivity contribution in [2.45, 2.75) is 13.3 Å². The minimum Gasteiger partial charge on any atom is -0.292 e. The van der Waals surface area contributed by atoms with E-state index in [4.69, 9.17) is 0 Å². The largest absolute Gasteiger partial charge is 0.292 e. The maximum Gasteiger partial charge on any atom is 0.186 e. The third-order valence-electron chi connectivity index (χ3n) is 2.34. The zero-order chi connectivity index (χ0) is 10.7. The van der Waals surface area contributed by atoms with Crippen LogP contribution >= 0.6 is 11.5 Å². The van der Waals surface area contributed by atoms with Gasteiger partial charge in [-0.2, -0.15) is 4.37 Å². The van der Waals surface area contributed by atoms with Gasteiger partial charge in [-0.05, 0) is 35.6 Å². The van der Waals surface area contributed by atoms with Crippen LogP contribution in [0, 0.1) is 6.92 Å². The van der Waals surface area contributed by atoms with Crippen LogP contribution in [0.1, 0.15) is 21.6 Å². The highest BCUT2D eigenvalue weighted by Crippen LogP contribution is 2.11. The van der Waals surface area contributed by atoms with Crippen molar-refractivity contribution in [1.82, 2.24) is 4.37 Å². The van der Waals surface area contributed by atoms with E-state index in [2.05, 4.69) is 4.37 Å². The zero-order valence-corrected chi connectivity index (χ0v) is 9.25. The van der Waals surface area contributed by atoms with E-state index in [1.165, 1.54) is 11.5 Å². The minimum absolute atomic E-state index is 0.0885. The molecule has 0 fully saturated rings. The number of aryl methyl sites for hydroxylation is 1. The molecule has 0 aliphatic rings. The number of hydrogen-bond acceptors (Lipinski definition) is 3. The van der Waals surface area contributed by atoms with E-state index >= 15 is 0 Å². The van der Waals surface area contributed by atoms with Gasteiger partial charge in [0.05, 0.1) is 0 Å². The molecule has 2 rings (SSSR count). The van der Waals surface area contributed by atoms with E-state index in [9.17, 15) is 4.79 Å². The van der Waals surface area contributed by atoms with Crippen LogP contribution in [0.15, 0.2) is 35.7 Å². The third-order valence-corrected chi connectivity index (χ3v) is 2.90. The lowest BCUT2D eigenvalue weighted by molar-refractivity contribution is 0.0989. The Morgan fingerprint density at radius 3 is 2.80 bits per heavy atom. The number of aromatic nitrogens is 1. The van der Waals surface area contributed by atoms with Crippen molar-refractivity contribution in [3.05, 3.63) is 52.5 Å². The molecule has 0 amide bonds. The van der Waals surface area contributed by atoms with Crippen molar-refractivity contribution in [3.63, 3.8) is 0 Å². The molecule has 2 nitrogen and oxygen atoms in total. The minimum atomic E-state index is 0.0885. The summed E-state index contributed by atoms with van der Waals surface area (Å²) < 4.78 is 4.03. The van der Waals surface area contributed by atoms with Crippen LogP contribution in [0.25, 0.3) is 0 Å². The number of carbonyl (C=O) groups is 1. The van der Waals surface area contributed by atoms with E-state index in [-0.39, 0.29) is 5.78 Å². The van der Waals surface area contributed by atoms with E-state index in [0.29, 0.717) is 12.1 Å². The number of nitrogens with zero attached hydrogens (tertiary/aromatic N) is 1. The van der Waals surface area contributed by atoms with Crippen LogP contribution in [0.5, 0.6) is 0 Å². The first-order valence-electron chi connectivity index (χ1n) is 4.75. The first-order valence-corrected chi connectivity index (χ1v) is 5.59. The Balaban J connectivity index is 2.17. The molecule has 0 N–H and O–H groups in total. The van der Waals surface area contributed by atoms with Crippen LogP contribution in [0.4, 0.5) is 0 Å². The van der Waals surface area contributed by atoms with Crippen LogP contribution in [-0.2, 0) is 6.42 Å². The quantitative estimate of drug-likeness (QED) is 0.740. The SMILES string of the molecule is Cc1ccccc1CC(=O)c1ccsn1. The molecule has 3 heteroatoms. The maximum absolute atomic E-state index is 11.8. The molecule has 0 radical (unpaired) electrons. The summed E-state index contributed by atoms with van der Waals surface area (Å²) in [4.78, 5) is 11.8. The Kier molecular flexibility index (Phi) is 2.92. The van der Waals surface area contributed by atoms with E-state index in [1.807, 2.05) is 36.6 Å². The van der Waals surface area contributed by atoms with Crippen molar-refractivity contribution >= 4 is 17.3 Å². The average Bonchev–Trinajstić information content (AvgIpc) is 2.74. The fraction of sp³-hybridized carbons (Fsp3) is 0.167. The Morgan fingerprint density at radius 2 is 2.13 bits per heavy atom. The van der Waals surface area contributed by atoms with Gasteiger partial charge >= 0.3 is 0 Å². The van der Waals surface area contributed by atoms with Crippen molar-refractivity contribution < 1.29 is 4.79 Å².